The number of para-hydroxylation sites is 1. The van der Waals surface area contributed by atoms with E-state index in [1.807, 2.05) is 0 Å². The number of rotatable bonds is 6. The van der Waals surface area contributed by atoms with Crippen LogP contribution in [0.2, 0.25) is 0 Å². The van der Waals surface area contributed by atoms with Gasteiger partial charge < -0.3 is 24.1 Å². The topological polar surface area (TPSA) is 113 Å². The van der Waals surface area contributed by atoms with Crippen molar-refractivity contribution in [3.05, 3.63) is 83.0 Å². The molecule has 1 heterocycles. The van der Waals surface area contributed by atoms with Crippen LogP contribution < -0.4 is 14.2 Å². The van der Waals surface area contributed by atoms with Gasteiger partial charge in [0.15, 0.2) is 17.6 Å². The fourth-order valence-corrected chi connectivity index (χ4v) is 6.60. The number of methoxy groups -OCH3 is 3. The summed E-state index contributed by atoms with van der Waals surface area (Å²) < 4.78 is 51.7. The third kappa shape index (κ3) is 3.63. The highest BCUT2D eigenvalue weighted by molar-refractivity contribution is 7.90. The van der Waals surface area contributed by atoms with Crippen LogP contribution in [0.15, 0.2) is 65.6 Å². The number of hydrogen-bond acceptors (Lipinski definition) is 8. The van der Waals surface area contributed by atoms with E-state index in [0.29, 0.717) is 27.6 Å². The summed E-state index contributed by atoms with van der Waals surface area (Å²) in [5.74, 6) is 0.0591. The first kappa shape index (κ1) is 24.7. The Hall–Kier alpha value is -4.02. The molecule has 0 saturated heterocycles. The zero-order chi connectivity index (χ0) is 26.5. The van der Waals surface area contributed by atoms with Crippen LogP contribution in [0.4, 0.5) is 0 Å². The molecule has 0 fully saturated rings. The molecule has 192 valence electrons. The minimum atomic E-state index is -4.18. The molecule has 5 rings (SSSR count). The van der Waals surface area contributed by atoms with Crippen LogP contribution in [0, 0.1) is 0 Å². The summed E-state index contributed by atoms with van der Waals surface area (Å²) >= 11 is 0. The Morgan fingerprint density at radius 1 is 0.892 bits per heavy atom. The summed E-state index contributed by atoms with van der Waals surface area (Å²) in [5.41, 5.74) is 1.35. The van der Waals surface area contributed by atoms with Gasteiger partial charge in [0.2, 0.25) is 5.75 Å². The molecule has 0 spiro atoms. The second-order valence-corrected chi connectivity index (χ2v) is 10.2. The minimum Gasteiger partial charge on any atom is -0.493 e. The monoisotopic (exact) mass is 523 g/mol. The molecule has 1 aliphatic rings. The van der Waals surface area contributed by atoms with Gasteiger partial charge in [0.05, 0.1) is 37.4 Å². The molecule has 0 amide bonds. The molecule has 2 atom stereocenters. The first-order valence-corrected chi connectivity index (χ1v) is 12.8. The summed E-state index contributed by atoms with van der Waals surface area (Å²) in [4.78, 5) is 12.4. The van der Waals surface area contributed by atoms with Crippen molar-refractivity contribution < 1.29 is 37.3 Å². The predicted molar refractivity (Wildman–Crippen MR) is 135 cm³/mol. The number of benzene rings is 3. The van der Waals surface area contributed by atoms with Crippen molar-refractivity contribution in [3.63, 3.8) is 0 Å². The molecule has 0 aliphatic heterocycles. The van der Waals surface area contributed by atoms with Gasteiger partial charge in [-0.05, 0) is 24.3 Å². The van der Waals surface area contributed by atoms with Gasteiger partial charge in [-0.3, -0.25) is 4.79 Å². The van der Waals surface area contributed by atoms with E-state index in [-0.39, 0.29) is 27.8 Å². The average molecular weight is 524 g/mol. The number of carbonyl (C=O) groups is 1. The molecule has 3 aromatic carbocycles. The Labute approximate surface area is 213 Å². The Morgan fingerprint density at radius 3 is 2.16 bits per heavy atom. The van der Waals surface area contributed by atoms with E-state index in [2.05, 4.69) is 0 Å². The van der Waals surface area contributed by atoms with Crippen molar-refractivity contribution in [1.82, 2.24) is 3.97 Å². The van der Waals surface area contributed by atoms with Crippen molar-refractivity contribution in [1.29, 1.82) is 0 Å². The van der Waals surface area contributed by atoms with Gasteiger partial charge in [-0.15, -0.1) is 0 Å². The van der Waals surface area contributed by atoms with Crippen LogP contribution in [-0.4, -0.2) is 44.8 Å². The number of esters is 1. The van der Waals surface area contributed by atoms with Gasteiger partial charge in [0.25, 0.3) is 10.0 Å². The number of hydrogen-bond donors (Lipinski definition) is 1. The van der Waals surface area contributed by atoms with E-state index in [4.69, 9.17) is 18.9 Å². The van der Waals surface area contributed by atoms with Crippen molar-refractivity contribution in [2.45, 2.75) is 24.0 Å². The number of nitrogens with zero attached hydrogens (tertiary/aromatic N) is 1. The molecular weight excluding hydrogens is 498 g/mol. The third-order valence-corrected chi connectivity index (χ3v) is 8.19. The Morgan fingerprint density at radius 2 is 1.54 bits per heavy atom. The highest BCUT2D eigenvalue weighted by Gasteiger charge is 2.44. The van der Waals surface area contributed by atoms with Crippen LogP contribution >= 0.6 is 0 Å². The van der Waals surface area contributed by atoms with Gasteiger partial charge in [-0.1, -0.05) is 36.4 Å². The smallest absolute Gasteiger partial charge is 0.303 e. The Kier molecular flexibility index (Phi) is 6.09. The maximum absolute atomic E-state index is 14.0. The first-order valence-electron chi connectivity index (χ1n) is 11.4. The molecule has 2 unspecified atom stereocenters. The quantitative estimate of drug-likeness (QED) is 0.378. The van der Waals surface area contributed by atoms with E-state index < -0.39 is 28.2 Å². The largest absolute Gasteiger partial charge is 0.493 e. The predicted octanol–water partition coefficient (Wildman–Crippen LogP) is 3.95. The summed E-state index contributed by atoms with van der Waals surface area (Å²) in [5, 5.41) is 12.3. The minimum absolute atomic E-state index is 0.0466. The lowest BCUT2D eigenvalue weighted by molar-refractivity contribution is -0.145. The molecule has 4 aromatic rings. The number of carbonyl (C=O) groups excluding carboxylic acids is 1. The summed E-state index contributed by atoms with van der Waals surface area (Å²) in [6, 6.07) is 16.3. The lowest BCUT2D eigenvalue weighted by atomic mass is 9.83. The molecule has 1 N–H and O–H groups in total. The molecule has 9 nitrogen and oxygen atoms in total. The summed E-state index contributed by atoms with van der Waals surface area (Å²) in [7, 11) is 0.121. The number of fused-ring (bicyclic) bond motifs is 4. The molecular formula is C27H25NO8S. The fraction of sp³-hybridized carbons (Fsp3) is 0.222. The molecule has 0 saturated carbocycles. The maximum Gasteiger partial charge on any atom is 0.303 e. The molecule has 1 aromatic heterocycles. The fourth-order valence-electron chi connectivity index (χ4n) is 5.02. The van der Waals surface area contributed by atoms with E-state index in [9.17, 15) is 18.3 Å². The van der Waals surface area contributed by atoms with E-state index in [1.165, 1.54) is 40.4 Å². The van der Waals surface area contributed by atoms with E-state index >= 15 is 0 Å². The zero-order valence-corrected chi connectivity index (χ0v) is 21.4. The molecule has 0 radical (unpaired) electrons. The second kappa shape index (κ2) is 9.13. The standard InChI is InChI=1S/C27H25NO8S/c1-15(29)36-25-18-14-20(33-2)26(34-3)27(35-4)22(18)24(30)21-17-12-8-9-13-19(17)28(23(21)25)37(31,32)16-10-6-5-7-11-16/h5-14,24-25,30H,1-4H3. The van der Waals surface area contributed by atoms with Gasteiger partial charge in [0, 0.05) is 29.0 Å². The lowest BCUT2D eigenvalue weighted by Gasteiger charge is -2.32. The molecule has 10 heteroatoms. The number of ether oxygens (including phenoxy) is 4. The van der Waals surface area contributed by atoms with E-state index in [1.54, 1.807) is 48.5 Å². The molecule has 1 aliphatic carbocycles. The molecule has 0 bridgehead atoms. The molecule has 37 heavy (non-hydrogen) atoms. The van der Waals surface area contributed by atoms with Crippen LogP contribution in [0.1, 0.15) is 41.5 Å². The SMILES string of the molecule is COc1cc2c(c(OC)c1OC)C(O)c1c(n(S(=O)(=O)c3ccccc3)c3ccccc13)C2OC(C)=O. The normalized spacial score (nSPS) is 16.6. The van der Waals surface area contributed by atoms with Gasteiger partial charge in [-0.2, -0.15) is 0 Å². The number of aromatic nitrogens is 1. The van der Waals surface area contributed by atoms with Gasteiger partial charge >= 0.3 is 5.97 Å². The Balaban J connectivity index is 1.95. The highest BCUT2D eigenvalue weighted by atomic mass is 32.2. The van der Waals surface area contributed by atoms with Crippen molar-refractivity contribution in [2.75, 3.05) is 21.3 Å². The van der Waals surface area contributed by atoms with Crippen LogP contribution in [-0.2, 0) is 19.6 Å². The van der Waals surface area contributed by atoms with Crippen molar-refractivity contribution in [3.8, 4) is 17.2 Å². The van der Waals surface area contributed by atoms with Crippen LogP contribution in [0.25, 0.3) is 10.9 Å². The lowest BCUT2D eigenvalue weighted by Crippen LogP contribution is -2.27. The number of aliphatic hydroxyl groups is 1. The first-order chi connectivity index (χ1) is 17.8. The second-order valence-electron chi connectivity index (χ2n) is 8.44. The van der Waals surface area contributed by atoms with Crippen LogP contribution in [0.5, 0.6) is 17.2 Å². The van der Waals surface area contributed by atoms with Crippen molar-refractivity contribution >= 4 is 26.9 Å². The highest BCUT2D eigenvalue weighted by Crippen LogP contribution is 2.55. The third-order valence-electron chi connectivity index (χ3n) is 6.45. The Bertz CT molecular complexity index is 1630. The summed E-state index contributed by atoms with van der Waals surface area (Å²) in [6.45, 7) is 1.24. The van der Waals surface area contributed by atoms with Crippen LogP contribution in [0.3, 0.4) is 0 Å². The maximum atomic E-state index is 14.0. The average Bonchev–Trinajstić information content (AvgIpc) is 3.26. The van der Waals surface area contributed by atoms with Crippen molar-refractivity contribution in [2.24, 2.45) is 0 Å². The zero-order valence-electron chi connectivity index (χ0n) is 20.6. The van der Waals surface area contributed by atoms with Gasteiger partial charge in [-0.25, -0.2) is 12.4 Å². The van der Waals surface area contributed by atoms with Gasteiger partial charge in [0.1, 0.15) is 6.10 Å². The number of aliphatic hydroxyl groups excluding tert-OH is 1. The van der Waals surface area contributed by atoms with E-state index in [0.717, 1.165) is 3.97 Å². The summed E-state index contributed by atoms with van der Waals surface area (Å²) in [6.07, 6.45) is -2.53.